The summed E-state index contributed by atoms with van der Waals surface area (Å²) >= 11 is 0. The van der Waals surface area contributed by atoms with Gasteiger partial charge < -0.3 is 5.11 Å². The van der Waals surface area contributed by atoms with Gasteiger partial charge in [0.2, 0.25) is 0 Å². The molecule has 0 aliphatic carbocycles. The van der Waals surface area contributed by atoms with E-state index in [1.54, 1.807) is 0 Å². The van der Waals surface area contributed by atoms with Crippen LogP contribution in [0, 0.1) is 12.8 Å². The monoisotopic (exact) mass is 235 g/mol. The zero-order valence-corrected chi connectivity index (χ0v) is 10.4. The van der Waals surface area contributed by atoms with Crippen molar-refractivity contribution in [2.75, 3.05) is 19.7 Å². The first-order valence-electron chi connectivity index (χ1n) is 6.66. The van der Waals surface area contributed by atoms with E-state index < -0.39 is 0 Å². The Hall–Kier alpha value is -0.870. The first-order chi connectivity index (χ1) is 8.27. The van der Waals surface area contributed by atoms with Gasteiger partial charge in [0.1, 0.15) is 0 Å². The highest BCUT2D eigenvalue weighted by Gasteiger charge is 2.53. The van der Waals surface area contributed by atoms with Gasteiger partial charge in [0.05, 0.1) is 11.2 Å². The molecule has 94 valence electrons. The SMILES string of the molecule is Cc1cc(C23CCCN2CCC3CCO)n[nH]1. The Labute approximate surface area is 102 Å². The second-order valence-corrected chi connectivity index (χ2v) is 5.45. The highest BCUT2D eigenvalue weighted by molar-refractivity contribution is 5.23. The van der Waals surface area contributed by atoms with Crippen LogP contribution < -0.4 is 0 Å². The molecule has 1 aromatic rings. The molecule has 2 N–H and O–H groups in total. The number of aromatic nitrogens is 2. The molecule has 2 unspecified atom stereocenters. The fraction of sp³-hybridized carbons (Fsp3) is 0.769. The van der Waals surface area contributed by atoms with Crippen molar-refractivity contribution in [1.29, 1.82) is 0 Å². The minimum Gasteiger partial charge on any atom is -0.396 e. The van der Waals surface area contributed by atoms with E-state index in [2.05, 4.69) is 28.1 Å². The van der Waals surface area contributed by atoms with Crippen LogP contribution in [-0.4, -0.2) is 39.9 Å². The van der Waals surface area contributed by atoms with Crippen molar-refractivity contribution in [1.82, 2.24) is 15.1 Å². The van der Waals surface area contributed by atoms with Crippen LogP contribution in [0.5, 0.6) is 0 Å². The standard InChI is InChI=1S/C13H21N3O/c1-10-9-12(15-14-10)13-5-2-6-16(13)7-3-11(13)4-8-17/h9,11,17H,2-8H2,1H3,(H,14,15). The summed E-state index contributed by atoms with van der Waals surface area (Å²) in [6, 6.07) is 2.19. The van der Waals surface area contributed by atoms with Crippen molar-refractivity contribution in [2.45, 2.75) is 38.1 Å². The first-order valence-corrected chi connectivity index (χ1v) is 6.66. The van der Waals surface area contributed by atoms with Gasteiger partial charge in [-0.1, -0.05) is 0 Å². The van der Waals surface area contributed by atoms with Crippen molar-refractivity contribution in [2.24, 2.45) is 5.92 Å². The number of aliphatic hydroxyl groups is 1. The van der Waals surface area contributed by atoms with Crippen LogP contribution in [0.25, 0.3) is 0 Å². The number of aliphatic hydroxyl groups excluding tert-OH is 1. The zero-order chi connectivity index (χ0) is 11.9. The maximum atomic E-state index is 9.27. The van der Waals surface area contributed by atoms with Crippen molar-refractivity contribution in [3.05, 3.63) is 17.5 Å². The molecule has 4 nitrogen and oxygen atoms in total. The van der Waals surface area contributed by atoms with Crippen molar-refractivity contribution in [3.63, 3.8) is 0 Å². The van der Waals surface area contributed by atoms with Gasteiger partial charge >= 0.3 is 0 Å². The van der Waals surface area contributed by atoms with Gasteiger partial charge in [-0.2, -0.15) is 5.10 Å². The summed E-state index contributed by atoms with van der Waals surface area (Å²) in [5.74, 6) is 0.567. The maximum Gasteiger partial charge on any atom is 0.0830 e. The lowest BCUT2D eigenvalue weighted by Crippen LogP contribution is -2.40. The molecule has 0 radical (unpaired) electrons. The summed E-state index contributed by atoms with van der Waals surface area (Å²) in [6.07, 6.45) is 4.56. The second kappa shape index (κ2) is 4.10. The summed E-state index contributed by atoms with van der Waals surface area (Å²) < 4.78 is 0. The van der Waals surface area contributed by atoms with E-state index in [1.807, 2.05) is 0 Å². The summed E-state index contributed by atoms with van der Waals surface area (Å²) in [5, 5.41) is 16.9. The first kappa shape index (κ1) is 11.2. The lowest BCUT2D eigenvalue weighted by Gasteiger charge is -2.35. The molecule has 2 fully saturated rings. The van der Waals surface area contributed by atoms with Crippen LogP contribution in [0.1, 0.15) is 37.1 Å². The Kier molecular flexibility index (Phi) is 2.71. The molecule has 2 aliphatic rings. The molecule has 17 heavy (non-hydrogen) atoms. The maximum absolute atomic E-state index is 9.27. The zero-order valence-electron chi connectivity index (χ0n) is 10.4. The predicted molar refractivity (Wildman–Crippen MR) is 65.6 cm³/mol. The van der Waals surface area contributed by atoms with E-state index in [-0.39, 0.29) is 5.54 Å². The fourth-order valence-electron chi connectivity index (χ4n) is 3.90. The van der Waals surface area contributed by atoms with Crippen molar-refractivity contribution in [3.8, 4) is 0 Å². The lowest BCUT2D eigenvalue weighted by molar-refractivity contribution is 0.122. The number of nitrogens with one attached hydrogen (secondary N) is 1. The average Bonchev–Trinajstić information content (AvgIpc) is 2.95. The predicted octanol–water partition coefficient (Wildman–Crippen LogP) is 1.41. The number of aryl methyl sites for hydroxylation is 1. The third kappa shape index (κ3) is 1.54. The summed E-state index contributed by atoms with van der Waals surface area (Å²) in [5.41, 5.74) is 2.45. The largest absolute Gasteiger partial charge is 0.396 e. The van der Waals surface area contributed by atoms with Crippen LogP contribution >= 0.6 is 0 Å². The second-order valence-electron chi connectivity index (χ2n) is 5.45. The van der Waals surface area contributed by atoms with Gasteiger partial charge in [0, 0.05) is 12.3 Å². The van der Waals surface area contributed by atoms with Crippen LogP contribution in [-0.2, 0) is 5.54 Å². The Morgan fingerprint density at radius 2 is 2.47 bits per heavy atom. The Morgan fingerprint density at radius 3 is 3.18 bits per heavy atom. The highest BCUT2D eigenvalue weighted by Crippen LogP contribution is 2.51. The van der Waals surface area contributed by atoms with Crippen LogP contribution in [0.3, 0.4) is 0 Å². The molecule has 2 saturated heterocycles. The van der Waals surface area contributed by atoms with Gasteiger partial charge in [-0.25, -0.2) is 0 Å². The number of hydrogen-bond acceptors (Lipinski definition) is 3. The molecule has 3 rings (SSSR count). The van der Waals surface area contributed by atoms with Gasteiger partial charge in [-0.15, -0.1) is 0 Å². The average molecular weight is 235 g/mol. The molecule has 3 heterocycles. The molecule has 4 heteroatoms. The van der Waals surface area contributed by atoms with E-state index in [9.17, 15) is 5.11 Å². The Morgan fingerprint density at radius 1 is 1.59 bits per heavy atom. The van der Waals surface area contributed by atoms with Crippen molar-refractivity contribution < 1.29 is 5.11 Å². The van der Waals surface area contributed by atoms with Gasteiger partial charge in [-0.3, -0.25) is 10.00 Å². The quantitative estimate of drug-likeness (QED) is 0.833. The van der Waals surface area contributed by atoms with E-state index in [0.717, 1.165) is 18.7 Å². The normalized spacial score (nSPS) is 33.2. The molecule has 0 bridgehead atoms. The fourth-order valence-corrected chi connectivity index (χ4v) is 3.90. The molecule has 0 amide bonds. The summed E-state index contributed by atoms with van der Waals surface area (Å²) in [7, 11) is 0. The number of rotatable bonds is 3. The van der Waals surface area contributed by atoms with Crippen LogP contribution in [0.2, 0.25) is 0 Å². The highest BCUT2D eigenvalue weighted by atomic mass is 16.3. The molecule has 2 atom stereocenters. The lowest BCUT2D eigenvalue weighted by atomic mass is 9.78. The molecular weight excluding hydrogens is 214 g/mol. The van der Waals surface area contributed by atoms with Gasteiger partial charge in [-0.05, 0) is 57.7 Å². The molecular formula is C13H21N3O. The summed E-state index contributed by atoms with van der Waals surface area (Å²) in [6.45, 7) is 4.70. The van der Waals surface area contributed by atoms with Crippen LogP contribution in [0.15, 0.2) is 6.07 Å². The van der Waals surface area contributed by atoms with Crippen LogP contribution in [0.4, 0.5) is 0 Å². The molecule has 0 saturated carbocycles. The van der Waals surface area contributed by atoms with Gasteiger partial charge in [0.25, 0.3) is 0 Å². The number of H-pyrrole nitrogens is 1. The Balaban J connectivity index is 1.99. The summed E-state index contributed by atoms with van der Waals surface area (Å²) in [4.78, 5) is 2.59. The number of nitrogens with zero attached hydrogens (tertiary/aromatic N) is 2. The van der Waals surface area contributed by atoms with E-state index in [0.29, 0.717) is 12.5 Å². The topological polar surface area (TPSA) is 52.1 Å². The minimum absolute atomic E-state index is 0.119. The molecule has 2 aliphatic heterocycles. The number of aromatic amines is 1. The molecule has 1 aromatic heterocycles. The number of fused-ring (bicyclic) bond motifs is 1. The third-order valence-electron chi connectivity index (χ3n) is 4.60. The number of hydrogen-bond donors (Lipinski definition) is 2. The third-order valence-corrected chi connectivity index (χ3v) is 4.60. The smallest absolute Gasteiger partial charge is 0.0830 e. The van der Waals surface area contributed by atoms with E-state index >= 15 is 0 Å². The van der Waals surface area contributed by atoms with Gasteiger partial charge in [0.15, 0.2) is 0 Å². The van der Waals surface area contributed by atoms with E-state index in [4.69, 9.17) is 0 Å². The molecule has 0 spiro atoms. The minimum atomic E-state index is 0.119. The Bertz CT molecular complexity index is 401. The van der Waals surface area contributed by atoms with E-state index in [1.165, 1.54) is 31.5 Å². The van der Waals surface area contributed by atoms with Crippen molar-refractivity contribution >= 4 is 0 Å². The molecule has 0 aromatic carbocycles.